The van der Waals surface area contributed by atoms with Gasteiger partial charge in [0.25, 0.3) is 0 Å². The molecule has 1 aromatic heterocycles. The van der Waals surface area contributed by atoms with Crippen molar-refractivity contribution in [2.75, 3.05) is 0 Å². The lowest BCUT2D eigenvalue weighted by molar-refractivity contribution is -0.118. The summed E-state index contributed by atoms with van der Waals surface area (Å²) >= 11 is 1.44. The van der Waals surface area contributed by atoms with Crippen LogP contribution >= 0.6 is 11.3 Å². The lowest BCUT2D eigenvalue weighted by Crippen LogP contribution is -2.17. The molecule has 0 aliphatic heterocycles. The number of fused-ring (bicyclic) bond motifs is 1. The molecule has 0 saturated heterocycles. The van der Waals surface area contributed by atoms with Gasteiger partial charge in [-0.25, -0.2) is 0 Å². The maximum absolute atomic E-state index is 12.4. The number of benzene rings is 1. The van der Waals surface area contributed by atoms with Gasteiger partial charge in [-0.05, 0) is 29.0 Å². The SMILES string of the molecule is O=C1CCc2cccc(C(=O)c3cccs3)c2C1. The van der Waals surface area contributed by atoms with Gasteiger partial charge >= 0.3 is 0 Å². The summed E-state index contributed by atoms with van der Waals surface area (Å²) in [6, 6.07) is 9.47. The second kappa shape index (κ2) is 4.50. The zero-order chi connectivity index (χ0) is 12.5. The van der Waals surface area contributed by atoms with Gasteiger partial charge in [-0.15, -0.1) is 11.3 Å². The zero-order valence-corrected chi connectivity index (χ0v) is 10.6. The van der Waals surface area contributed by atoms with E-state index in [0.29, 0.717) is 18.4 Å². The van der Waals surface area contributed by atoms with Gasteiger partial charge in [0.1, 0.15) is 5.78 Å². The third-order valence-corrected chi connectivity index (χ3v) is 4.18. The molecule has 0 amide bonds. The Kier molecular flexibility index (Phi) is 2.84. The molecule has 0 bridgehead atoms. The van der Waals surface area contributed by atoms with Crippen molar-refractivity contribution < 1.29 is 9.59 Å². The van der Waals surface area contributed by atoms with E-state index in [4.69, 9.17) is 0 Å². The number of Topliss-reactive ketones (excluding diaryl/α,β-unsaturated/α-hetero) is 1. The van der Waals surface area contributed by atoms with Gasteiger partial charge < -0.3 is 0 Å². The van der Waals surface area contributed by atoms with Crippen LogP contribution in [0.4, 0.5) is 0 Å². The van der Waals surface area contributed by atoms with Gasteiger partial charge in [-0.3, -0.25) is 9.59 Å². The standard InChI is InChI=1S/C15H12O2S/c16-11-7-6-10-3-1-4-12(13(10)9-11)15(17)14-5-2-8-18-14/h1-5,8H,6-7,9H2. The first-order valence-corrected chi connectivity index (χ1v) is 6.84. The highest BCUT2D eigenvalue weighted by Gasteiger charge is 2.22. The Balaban J connectivity index is 2.08. The molecule has 1 aliphatic rings. The van der Waals surface area contributed by atoms with Crippen LogP contribution in [0.3, 0.4) is 0 Å². The number of thiophene rings is 1. The Bertz CT molecular complexity index is 611. The molecule has 0 unspecified atom stereocenters. The topological polar surface area (TPSA) is 34.1 Å². The van der Waals surface area contributed by atoms with Crippen molar-refractivity contribution in [1.29, 1.82) is 0 Å². The summed E-state index contributed by atoms with van der Waals surface area (Å²) in [7, 11) is 0. The fourth-order valence-corrected chi connectivity index (χ4v) is 3.07. The second-order valence-electron chi connectivity index (χ2n) is 4.47. The van der Waals surface area contributed by atoms with Crippen LogP contribution in [0.15, 0.2) is 35.7 Å². The Labute approximate surface area is 109 Å². The minimum Gasteiger partial charge on any atom is -0.299 e. The Morgan fingerprint density at radius 3 is 2.78 bits per heavy atom. The number of aryl methyl sites for hydroxylation is 1. The summed E-state index contributed by atoms with van der Waals surface area (Å²) in [5, 5.41) is 1.90. The number of carbonyl (C=O) groups is 2. The first kappa shape index (κ1) is 11.4. The molecule has 1 aromatic carbocycles. The predicted molar refractivity (Wildman–Crippen MR) is 71.2 cm³/mol. The molecular formula is C15H12O2S. The number of rotatable bonds is 2. The van der Waals surface area contributed by atoms with E-state index < -0.39 is 0 Å². The normalized spacial score (nSPS) is 14.3. The first-order valence-electron chi connectivity index (χ1n) is 5.96. The van der Waals surface area contributed by atoms with E-state index >= 15 is 0 Å². The predicted octanol–water partition coefficient (Wildman–Crippen LogP) is 3.04. The van der Waals surface area contributed by atoms with Crippen molar-refractivity contribution in [3.63, 3.8) is 0 Å². The molecule has 0 fully saturated rings. The summed E-state index contributed by atoms with van der Waals surface area (Å²) in [5.41, 5.74) is 2.78. The van der Waals surface area contributed by atoms with Crippen LogP contribution in [0, 0.1) is 0 Å². The van der Waals surface area contributed by atoms with Gasteiger partial charge in [0.2, 0.25) is 5.78 Å². The van der Waals surface area contributed by atoms with Gasteiger partial charge in [0.15, 0.2) is 0 Å². The Hall–Kier alpha value is -1.74. The van der Waals surface area contributed by atoms with E-state index in [0.717, 1.165) is 22.4 Å². The molecule has 3 heteroatoms. The lowest BCUT2D eigenvalue weighted by Gasteiger charge is -2.17. The summed E-state index contributed by atoms with van der Waals surface area (Å²) in [4.78, 5) is 24.7. The van der Waals surface area contributed by atoms with Crippen LogP contribution in [0.1, 0.15) is 32.8 Å². The molecule has 3 rings (SSSR count). The Morgan fingerprint density at radius 1 is 1.11 bits per heavy atom. The lowest BCUT2D eigenvalue weighted by atomic mass is 9.86. The molecule has 0 spiro atoms. The fraction of sp³-hybridized carbons (Fsp3) is 0.200. The van der Waals surface area contributed by atoms with Crippen LogP contribution < -0.4 is 0 Å². The number of ketones is 2. The highest BCUT2D eigenvalue weighted by Crippen LogP contribution is 2.25. The zero-order valence-electron chi connectivity index (χ0n) is 9.81. The number of hydrogen-bond donors (Lipinski definition) is 0. The van der Waals surface area contributed by atoms with Gasteiger partial charge in [0, 0.05) is 18.4 Å². The van der Waals surface area contributed by atoms with E-state index in [-0.39, 0.29) is 11.6 Å². The van der Waals surface area contributed by atoms with Gasteiger partial charge in [0.05, 0.1) is 4.88 Å². The molecule has 18 heavy (non-hydrogen) atoms. The monoisotopic (exact) mass is 256 g/mol. The third-order valence-electron chi connectivity index (χ3n) is 3.31. The minimum absolute atomic E-state index is 0.0385. The Morgan fingerprint density at radius 2 is 2.00 bits per heavy atom. The van der Waals surface area contributed by atoms with Crippen molar-refractivity contribution >= 4 is 22.9 Å². The molecule has 0 radical (unpaired) electrons. The van der Waals surface area contributed by atoms with E-state index in [1.54, 1.807) is 0 Å². The van der Waals surface area contributed by atoms with Gasteiger partial charge in [-0.1, -0.05) is 24.3 Å². The van der Waals surface area contributed by atoms with Crippen molar-refractivity contribution in [3.8, 4) is 0 Å². The van der Waals surface area contributed by atoms with Crippen molar-refractivity contribution in [2.45, 2.75) is 19.3 Å². The number of carbonyl (C=O) groups excluding carboxylic acids is 2. The van der Waals surface area contributed by atoms with Crippen LogP contribution in [-0.4, -0.2) is 11.6 Å². The third kappa shape index (κ3) is 1.91. The molecule has 2 nitrogen and oxygen atoms in total. The van der Waals surface area contributed by atoms with E-state index in [2.05, 4.69) is 0 Å². The van der Waals surface area contributed by atoms with Crippen LogP contribution in [0.2, 0.25) is 0 Å². The summed E-state index contributed by atoms with van der Waals surface area (Å²) < 4.78 is 0. The average molecular weight is 256 g/mol. The summed E-state index contributed by atoms with van der Waals surface area (Å²) in [6.45, 7) is 0. The average Bonchev–Trinajstić information content (AvgIpc) is 2.91. The molecule has 0 saturated carbocycles. The van der Waals surface area contributed by atoms with Crippen LogP contribution in [0.5, 0.6) is 0 Å². The molecule has 0 atom stereocenters. The summed E-state index contributed by atoms with van der Waals surface area (Å²) in [6.07, 6.45) is 1.77. The largest absolute Gasteiger partial charge is 0.299 e. The first-order chi connectivity index (χ1) is 8.75. The van der Waals surface area contributed by atoms with E-state index in [1.165, 1.54) is 11.3 Å². The molecule has 90 valence electrons. The van der Waals surface area contributed by atoms with Crippen LogP contribution in [-0.2, 0) is 17.6 Å². The summed E-state index contributed by atoms with van der Waals surface area (Å²) in [5.74, 6) is 0.269. The van der Waals surface area contributed by atoms with Gasteiger partial charge in [-0.2, -0.15) is 0 Å². The number of hydrogen-bond acceptors (Lipinski definition) is 3. The molecular weight excluding hydrogens is 244 g/mol. The smallest absolute Gasteiger partial charge is 0.203 e. The highest BCUT2D eigenvalue weighted by molar-refractivity contribution is 7.12. The quantitative estimate of drug-likeness (QED) is 0.774. The maximum Gasteiger partial charge on any atom is 0.203 e. The fourth-order valence-electron chi connectivity index (χ4n) is 2.39. The van der Waals surface area contributed by atoms with Crippen molar-refractivity contribution in [3.05, 3.63) is 57.3 Å². The molecule has 1 heterocycles. The molecule has 2 aromatic rings. The van der Waals surface area contributed by atoms with Crippen molar-refractivity contribution in [2.24, 2.45) is 0 Å². The van der Waals surface area contributed by atoms with E-state index in [9.17, 15) is 9.59 Å². The van der Waals surface area contributed by atoms with Crippen LogP contribution in [0.25, 0.3) is 0 Å². The maximum atomic E-state index is 12.4. The second-order valence-corrected chi connectivity index (χ2v) is 5.41. The highest BCUT2D eigenvalue weighted by atomic mass is 32.1. The minimum atomic E-state index is 0.0385. The van der Waals surface area contributed by atoms with Crippen molar-refractivity contribution in [1.82, 2.24) is 0 Å². The molecule has 1 aliphatic carbocycles. The van der Waals surface area contributed by atoms with E-state index in [1.807, 2.05) is 35.7 Å². The molecule has 0 N–H and O–H groups in total.